The quantitative estimate of drug-likeness (QED) is 0.739. The third-order valence-corrected chi connectivity index (χ3v) is 4.38. The van der Waals surface area contributed by atoms with Crippen LogP contribution in [0.2, 0.25) is 0 Å². The first kappa shape index (κ1) is 16.0. The van der Waals surface area contributed by atoms with Gasteiger partial charge >= 0.3 is 0 Å². The maximum Gasteiger partial charge on any atom is 0.253 e. The van der Waals surface area contributed by atoms with E-state index in [-0.39, 0.29) is 17.3 Å². The Morgan fingerprint density at radius 2 is 1.75 bits per heavy atom. The monoisotopic (exact) mass is 342 g/mol. The zero-order chi connectivity index (χ0) is 17.2. The van der Waals surface area contributed by atoms with Crippen LogP contribution >= 0.6 is 0 Å². The van der Waals surface area contributed by atoms with Gasteiger partial charge in [-0.1, -0.05) is 18.2 Å². The summed E-state index contributed by atoms with van der Waals surface area (Å²) in [6.45, 7) is 0.250. The van der Waals surface area contributed by atoms with Gasteiger partial charge in [0.05, 0.1) is 16.0 Å². The molecule has 3 aromatic rings. The van der Waals surface area contributed by atoms with Gasteiger partial charge in [0.25, 0.3) is 5.91 Å². The molecule has 1 aromatic heterocycles. The van der Waals surface area contributed by atoms with Crippen molar-refractivity contribution in [3.05, 3.63) is 66.0 Å². The average Bonchev–Trinajstić information content (AvgIpc) is 2.59. The van der Waals surface area contributed by atoms with Crippen molar-refractivity contribution < 1.29 is 13.2 Å². The molecule has 0 aliphatic carbocycles. The molecule has 2 aromatic carbocycles. The maximum absolute atomic E-state index is 12.4. The molecule has 1 heterocycles. The minimum atomic E-state index is -3.72. The number of amides is 1. The van der Waals surface area contributed by atoms with E-state index in [9.17, 15) is 13.2 Å². The summed E-state index contributed by atoms with van der Waals surface area (Å²) in [7, 11) is -3.72. The van der Waals surface area contributed by atoms with Crippen LogP contribution in [0.25, 0.3) is 11.0 Å². The molecule has 0 radical (unpaired) electrons. The highest BCUT2D eigenvalue weighted by atomic mass is 32.2. The SMILES string of the molecule is NS(=O)(=O)c1ccc(CNC(=O)c2cccc3nccnc23)cc1. The van der Waals surface area contributed by atoms with Crippen LogP contribution in [0.5, 0.6) is 0 Å². The Kier molecular flexibility index (Phi) is 4.24. The number of rotatable bonds is 4. The lowest BCUT2D eigenvalue weighted by Crippen LogP contribution is -2.23. The molecule has 0 saturated carbocycles. The molecule has 1 amide bonds. The lowest BCUT2D eigenvalue weighted by Gasteiger charge is -2.08. The number of sulfonamides is 1. The van der Waals surface area contributed by atoms with Crippen LogP contribution in [-0.2, 0) is 16.6 Å². The van der Waals surface area contributed by atoms with Gasteiger partial charge < -0.3 is 5.32 Å². The van der Waals surface area contributed by atoms with E-state index in [1.807, 2.05) is 0 Å². The molecular formula is C16H14N4O3S. The topological polar surface area (TPSA) is 115 Å². The summed E-state index contributed by atoms with van der Waals surface area (Å²) >= 11 is 0. The molecule has 0 atom stereocenters. The van der Waals surface area contributed by atoms with Crippen LogP contribution in [0, 0.1) is 0 Å². The Labute approximate surface area is 138 Å². The molecule has 0 fully saturated rings. The number of nitrogens with zero attached hydrogens (tertiary/aromatic N) is 2. The molecule has 122 valence electrons. The second kappa shape index (κ2) is 6.34. The molecule has 7 nitrogen and oxygen atoms in total. The largest absolute Gasteiger partial charge is 0.348 e. The van der Waals surface area contributed by atoms with Crippen LogP contribution in [0.1, 0.15) is 15.9 Å². The third-order valence-electron chi connectivity index (χ3n) is 3.45. The maximum atomic E-state index is 12.4. The predicted molar refractivity (Wildman–Crippen MR) is 88.5 cm³/mol. The van der Waals surface area contributed by atoms with Gasteiger partial charge in [0, 0.05) is 18.9 Å². The highest BCUT2D eigenvalue weighted by molar-refractivity contribution is 7.89. The Balaban J connectivity index is 1.76. The van der Waals surface area contributed by atoms with Gasteiger partial charge in [-0.15, -0.1) is 0 Å². The number of nitrogens with one attached hydrogen (secondary N) is 1. The number of aromatic nitrogens is 2. The number of hydrogen-bond donors (Lipinski definition) is 2. The Bertz CT molecular complexity index is 996. The third kappa shape index (κ3) is 3.39. The van der Waals surface area contributed by atoms with E-state index >= 15 is 0 Å². The number of primary sulfonamides is 1. The first-order chi connectivity index (χ1) is 11.4. The molecule has 24 heavy (non-hydrogen) atoms. The summed E-state index contributed by atoms with van der Waals surface area (Å²) in [5, 5.41) is 7.83. The number of nitrogens with two attached hydrogens (primary N) is 1. The van der Waals surface area contributed by atoms with Gasteiger partial charge in [0.15, 0.2) is 0 Å². The summed E-state index contributed by atoms with van der Waals surface area (Å²) in [6.07, 6.45) is 3.10. The van der Waals surface area contributed by atoms with Crippen molar-refractivity contribution in [2.24, 2.45) is 5.14 Å². The number of fused-ring (bicyclic) bond motifs is 1. The van der Waals surface area contributed by atoms with Gasteiger partial charge in [-0.05, 0) is 29.8 Å². The first-order valence-electron chi connectivity index (χ1n) is 7.05. The number of hydrogen-bond acceptors (Lipinski definition) is 5. The molecule has 3 N–H and O–H groups in total. The molecule has 0 spiro atoms. The fraction of sp³-hybridized carbons (Fsp3) is 0.0625. The van der Waals surface area contributed by atoms with Crippen LogP contribution in [0.3, 0.4) is 0 Å². The predicted octanol–water partition coefficient (Wildman–Crippen LogP) is 1.21. The summed E-state index contributed by atoms with van der Waals surface area (Å²) in [5.74, 6) is -0.281. The van der Waals surface area contributed by atoms with Crippen molar-refractivity contribution in [1.82, 2.24) is 15.3 Å². The van der Waals surface area contributed by atoms with Crippen molar-refractivity contribution in [3.63, 3.8) is 0 Å². The Morgan fingerprint density at radius 1 is 1.04 bits per heavy atom. The summed E-state index contributed by atoms with van der Waals surface area (Å²) in [5.41, 5.74) is 2.36. The standard InChI is InChI=1S/C16H14N4O3S/c17-24(22,23)12-6-4-11(5-7-12)10-20-16(21)13-2-1-3-14-15(13)19-9-8-18-14/h1-9H,10H2,(H,20,21)(H2,17,22,23). The van der Waals surface area contributed by atoms with E-state index in [0.717, 1.165) is 5.56 Å². The molecule has 0 aliphatic heterocycles. The fourth-order valence-electron chi connectivity index (χ4n) is 2.25. The normalized spacial score (nSPS) is 11.4. The minimum absolute atomic E-state index is 0.0295. The van der Waals surface area contributed by atoms with Gasteiger partial charge in [0.2, 0.25) is 10.0 Å². The number of carbonyl (C=O) groups excluding carboxylic acids is 1. The van der Waals surface area contributed by atoms with Crippen LogP contribution in [0.15, 0.2) is 59.8 Å². The van der Waals surface area contributed by atoms with E-state index < -0.39 is 10.0 Å². The van der Waals surface area contributed by atoms with E-state index in [1.54, 1.807) is 36.5 Å². The fourth-order valence-corrected chi connectivity index (χ4v) is 2.77. The highest BCUT2D eigenvalue weighted by Crippen LogP contribution is 2.14. The van der Waals surface area contributed by atoms with Crippen molar-refractivity contribution in [3.8, 4) is 0 Å². The minimum Gasteiger partial charge on any atom is -0.348 e. The van der Waals surface area contributed by atoms with E-state index in [4.69, 9.17) is 5.14 Å². The summed E-state index contributed by atoms with van der Waals surface area (Å²) in [4.78, 5) is 20.7. The molecule has 0 unspecified atom stereocenters. The zero-order valence-corrected chi connectivity index (χ0v) is 13.3. The van der Waals surface area contributed by atoms with E-state index in [1.165, 1.54) is 18.3 Å². The Morgan fingerprint density at radius 3 is 2.46 bits per heavy atom. The van der Waals surface area contributed by atoms with E-state index in [2.05, 4.69) is 15.3 Å². The molecular weight excluding hydrogens is 328 g/mol. The van der Waals surface area contributed by atoms with Crippen molar-refractivity contribution in [1.29, 1.82) is 0 Å². The number of para-hydroxylation sites is 1. The molecule has 0 saturated heterocycles. The smallest absolute Gasteiger partial charge is 0.253 e. The second-order valence-electron chi connectivity index (χ2n) is 5.10. The van der Waals surface area contributed by atoms with Crippen molar-refractivity contribution >= 4 is 27.0 Å². The second-order valence-corrected chi connectivity index (χ2v) is 6.66. The average molecular weight is 342 g/mol. The lowest BCUT2D eigenvalue weighted by atomic mass is 10.1. The van der Waals surface area contributed by atoms with Crippen molar-refractivity contribution in [2.75, 3.05) is 0 Å². The number of benzene rings is 2. The number of carbonyl (C=O) groups is 1. The van der Waals surface area contributed by atoms with Crippen molar-refractivity contribution in [2.45, 2.75) is 11.4 Å². The van der Waals surface area contributed by atoms with Gasteiger partial charge in [-0.2, -0.15) is 0 Å². The summed E-state index contributed by atoms with van der Waals surface area (Å²) in [6, 6.07) is 11.2. The molecule has 3 rings (SSSR count). The van der Waals surface area contributed by atoms with Crippen LogP contribution < -0.4 is 10.5 Å². The van der Waals surface area contributed by atoms with Gasteiger partial charge in [-0.3, -0.25) is 14.8 Å². The van der Waals surface area contributed by atoms with Crippen LogP contribution in [-0.4, -0.2) is 24.3 Å². The van der Waals surface area contributed by atoms with Gasteiger partial charge in [-0.25, -0.2) is 13.6 Å². The lowest BCUT2D eigenvalue weighted by molar-refractivity contribution is 0.0952. The Hall–Kier alpha value is -2.84. The molecule has 0 bridgehead atoms. The van der Waals surface area contributed by atoms with E-state index in [0.29, 0.717) is 16.6 Å². The molecule has 0 aliphatic rings. The molecule has 8 heteroatoms. The zero-order valence-electron chi connectivity index (χ0n) is 12.5. The first-order valence-corrected chi connectivity index (χ1v) is 8.59. The van der Waals surface area contributed by atoms with Gasteiger partial charge in [0.1, 0.15) is 5.52 Å². The highest BCUT2D eigenvalue weighted by Gasteiger charge is 2.11. The van der Waals surface area contributed by atoms with Crippen LogP contribution in [0.4, 0.5) is 0 Å². The summed E-state index contributed by atoms with van der Waals surface area (Å²) < 4.78 is 22.4.